The van der Waals surface area contributed by atoms with Crippen LogP contribution >= 0.6 is 0 Å². The number of hydrogen-bond acceptors (Lipinski definition) is 5. The van der Waals surface area contributed by atoms with Gasteiger partial charge in [-0.25, -0.2) is 21.6 Å². The number of nitrogens with one attached hydrogen (secondary N) is 1. The highest BCUT2D eigenvalue weighted by atomic mass is 32.2. The fourth-order valence-electron chi connectivity index (χ4n) is 2.14. The molecule has 0 aromatic heterocycles. The third kappa shape index (κ3) is 3.78. The van der Waals surface area contributed by atoms with Crippen LogP contribution in [0.3, 0.4) is 0 Å². The van der Waals surface area contributed by atoms with Gasteiger partial charge in [-0.1, -0.05) is 12.1 Å². The van der Waals surface area contributed by atoms with Crippen LogP contribution in [-0.2, 0) is 26.3 Å². The molecule has 20 heavy (non-hydrogen) atoms. The molecule has 112 valence electrons. The van der Waals surface area contributed by atoms with E-state index >= 15 is 0 Å². The molecule has 6 nitrogen and oxygen atoms in total. The van der Waals surface area contributed by atoms with E-state index in [4.69, 9.17) is 5.11 Å². The van der Waals surface area contributed by atoms with Gasteiger partial charge in [0.15, 0.2) is 9.84 Å². The van der Waals surface area contributed by atoms with E-state index in [1.165, 1.54) is 12.1 Å². The maximum absolute atomic E-state index is 12.1. The number of sulfonamides is 1. The molecule has 0 amide bonds. The van der Waals surface area contributed by atoms with Crippen molar-refractivity contribution in [2.45, 2.75) is 23.8 Å². The van der Waals surface area contributed by atoms with E-state index < -0.39 is 25.9 Å². The van der Waals surface area contributed by atoms with Gasteiger partial charge >= 0.3 is 0 Å². The van der Waals surface area contributed by atoms with Crippen LogP contribution < -0.4 is 4.72 Å². The Balaban J connectivity index is 2.10. The average molecular weight is 319 g/mol. The molecule has 1 saturated heterocycles. The molecular weight excluding hydrogens is 302 g/mol. The summed E-state index contributed by atoms with van der Waals surface area (Å²) in [4.78, 5) is 0.100. The monoisotopic (exact) mass is 319 g/mol. The van der Waals surface area contributed by atoms with Crippen molar-refractivity contribution in [1.82, 2.24) is 4.72 Å². The lowest BCUT2D eigenvalue weighted by atomic mass is 10.2. The first kappa shape index (κ1) is 15.4. The second kappa shape index (κ2) is 5.80. The molecule has 2 N–H and O–H groups in total. The SMILES string of the molecule is O=S1(=O)CCC(NS(=O)(=O)c2ccc(CCO)cc2)C1. The normalized spacial score (nSPS) is 21.9. The van der Waals surface area contributed by atoms with Gasteiger partial charge in [0.1, 0.15) is 0 Å². The zero-order valence-electron chi connectivity index (χ0n) is 10.8. The Bertz CT molecular complexity index is 664. The largest absolute Gasteiger partial charge is 0.396 e. The number of aliphatic hydroxyl groups excluding tert-OH is 1. The van der Waals surface area contributed by atoms with Gasteiger partial charge in [-0.05, 0) is 30.5 Å². The van der Waals surface area contributed by atoms with Crippen LogP contribution in [0.4, 0.5) is 0 Å². The van der Waals surface area contributed by atoms with Crippen molar-refractivity contribution in [2.75, 3.05) is 18.1 Å². The quantitative estimate of drug-likeness (QED) is 0.775. The van der Waals surface area contributed by atoms with Crippen LogP contribution in [0, 0.1) is 0 Å². The van der Waals surface area contributed by atoms with E-state index in [-0.39, 0.29) is 23.0 Å². The molecule has 1 aromatic rings. The highest BCUT2D eigenvalue weighted by molar-refractivity contribution is 7.92. The topological polar surface area (TPSA) is 101 Å². The van der Waals surface area contributed by atoms with Crippen molar-refractivity contribution >= 4 is 19.9 Å². The number of sulfone groups is 1. The Kier molecular flexibility index (Phi) is 4.48. The van der Waals surface area contributed by atoms with E-state index in [0.29, 0.717) is 12.8 Å². The zero-order valence-corrected chi connectivity index (χ0v) is 12.5. The molecule has 1 aromatic carbocycles. The molecule has 0 aliphatic carbocycles. The van der Waals surface area contributed by atoms with Crippen molar-refractivity contribution in [1.29, 1.82) is 0 Å². The Morgan fingerprint density at radius 3 is 2.40 bits per heavy atom. The Labute approximate surface area is 118 Å². The summed E-state index contributed by atoms with van der Waals surface area (Å²) >= 11 is 0. The lowest BCUT2D eigenvalue weighted by molar-refractivity contribution is 0.299. The van der Waals surface area contributed by atoms with Crippen molar-refractivity contribution in [2.24, 2.45) is 0 Å². The zero-order chi connectivity index (χ0) is 14.8. The summed E-state index contributed by atoms with van der Waals surface area (Å²) in [5, 5.41) is 8.80. The van der Waals surface area contributed by atoms with Crippen LogP contribution in [0.25, 0.3) is 0 Å². The van der Waals surface area contributed by atoms with Crippen molar-refractivity contribution in [3.05, 3.63) is 29.8 Å². The summed E-state index contributed by atoms with van der Waals surface area (Å²) in [6.07, 6.45) is 0.777. The molecule has 0 spiro atoms. The summed E-state index contributed by atoms with van der Waals surface area (Å²) in [6.45, 7) is 0.00425. The molecule has 0 bridgehead atoms. The molecule has 1 atom stereocenters. The predicted molar refractivity (Wildman–Crippen MR) is 74.6 cm³/mol. The van der Waals surface area contributed by atoms with Gasteiger partial charge in [0.2, 0.25) is 10.0 Å². The van der Waals surface area contributed by atoms with Crippen LogP contribution in [0.5, 0.6) is 0 Å². The molecule has 0 saturated carbocycles. The van der Waals surface area contributed by atoms with Crippen molar-refractivity contribution in [3.8, 4) is 0 Å². The number of benzene rings is 1. The van der Waals surface area contributed by atoms with Crippen LogP contribution in [0.2, 0.25) is 0 Å². The molecule has 1 aliphatic rings. The molecule has 8 heteroatoms. The first-order valence-electron chi connectivity index (χ1n) is 6.25. The lowest BCUT2D eigenvalue weighted by Gasteiger charge is -2.11. The minimum Gasteiger partial charge on any atom is -0.396 e. The molecule has 2 rings (SSSR count). The number of hydrogen-bond donors (Lipinski definition) is 2. The minimum atomic E-state index is -3.70. The van der Waals surface area contributed by atoms with E-state index in [2.05, 4.69) is 4.72 Å². The van der Waals surface area contributed by atoms with E-state index in [9.17, 15) is 16.8 Å². The standard InChI is InChI=1S/C12H17NO5S2/c14-7-5-10-1-3-12(4-2-10)20(17,18)13-11-6-8-19(15,16)9-11/h1-4,11,13-14H,5-9H2. The fourth-order valence-corrected chi connectivity index (χ4v) is 5.19. The summed E-state index contributed by atoms with van der Waals surface area (Å²) in [7, 11) is -6.82. The van der Waals surface area contributed by atoms with E-state index in [0.717, 1.165) is 5.56 Å². The lowest BCUT2D eigenvalue weighted by Crippen LogP contribution is -2.35. The molecular formula is C12H17NO5S2. The average Bonchev–Trinajstić information content (AvgIpc) is 2.69. The number of aliphatic hydroxyl groups is 1. The fraction of sp³-hybridized carbons (Fsp3) is 0.500. The number of rotatable bonds is 5. The van der Waals surface area contributed by atoms with Gasteiger partial charge in [0.05, 0.1) is 16.4 Å². The summed E-state index contributed by atoms with van der Waals surface area (Å²) in [5.74, 6) is -0.121. The molecule has 1 fully saturated rings. The third-order valence-electron chi connectivity index (χ3n) is 3.19. The highest BCUT2D eigenvalue weighted by Crippen LogP contribution is 2.16. The summed E-state index contributed by atoms with van der Waals surface area (Å²) < 4.78 is 49.3. The second-order valence-electron chi connectivity index (χ2n) is 4.84. The summed E-state index contributed by atoms with van der Waals surface area (Å²) in [6, 6.07) is 5.63. The minimum absolute atomic E-state index is 0.00425. The van der Waals surface area contributed by atoms with Crippen LogP contribution in [0.1, 0.15) is 12.0 Å². The van der Waals surface area contributed by atoms with Gasteiger partial charge in [-0.15, -0.1) is 0 Å². The van der Waals surface area contributed by atoms with Crippen molar-refractivity contribution < 1.29 is 21.9 Å². The van der Waals surface area contributed by atoms with Gasteiger partial charge in [-0.3, -0.25) is 0 Å². The Morgan fingerprint density at radius 1 is 1.25 bits per heavy atom. The van der Waals surface area contributed by atoms with E-state index in [1.807, 2.05) is 0 Å². The second-order valence-corrected chi connectivity index (χ2v) is 8.78. The first-order chi connectivity index (χ1) is 9.32. The van der Waals surface area contributed by atoms with Crippen LogP contribution in [0.15, 0.2) is 29.2 Å². The van der Waals surface area contributed by atoms with Gasteiger partial charge in [0.25, 0.3) is 0 Å². The maximum Gasteiger partial charge on any atom is 0.240 e. The third-order valence-corrected chi connectivity index (χ3v) is 6.49. The molecule has 1 heterocycles. The Morgan fingerprint density at radius 2 is 1.90 bits per heavy atom. The van der Waals surface area contributed by atoms with Crippen molar-refractivity contribution in [3.63, 3.8) is 0 Å². The maximum atomic E-state index is 12.1. The highest BCUT2D eigenvalue weighted by Gasteiger charge is 2.31. The van der Waals surface area contributed by atoms with Gasteiger partial charge in [-0.2, -0.15) is 0 Å². The van der Waals surface area contributed by atoms with Gasteiger partial charge in [0, 0.05) is 12.6 Å². The predicted octanol–water partition coefficient (Wildman–Crippen LogP) is -0.313. The first-order valence-corrected chi connectivity index (χ1v) is 9.55. The Hall–Kier alpha value is -0.960. The van der Waals surface area contributed by atoms with Gasteiger partial charge < -0.3 is 5.11 Å². The molecule has 1 unspecified atom stereocenters. The smallest absolute Gasteiger partial charge is 0.240 e. The summed E-state index contributed by atoms with van der Waals surface area (Å²) in [5.41, 5.74) is 0.842. The molecule has 0 radical (unpaired) electrons. The van der Waals surface area contributed by atoms with E-state index in [1.54, 1.807) is 12.1 Å². The molecule has 1 aliphatic heterocycles. The van der Waals surface area contributed by atoms with Crippen LogP contribution in [-0.4, -0.2) is 46.1 Å².